The molecule has 2 aromatic heterocycles. The van der Waals surface area contributed by atoms with Crippen LogP contribution in [-0.2, 0) is 17.0 Å². The highest BCUT2D eigenvalue weighted by Gasteiger charge is 2.17. The molecule has 0 aliphatic carbocycles. The normalized spacial score (nSPS) is 11.8. The SMILES string of the molecule is Cc1ccc(CSc2nnc3n(CCCOC(C)C)c(=O)c4cc(Cl)ccc4n23)cc1. The lowest BCUT2D eigenvalue weighted by Gasteiger charge is -2.12. The highest BCUT2D eigenvalue weighted by molar-refractivity contribution is 7.98. The number of halogens is 1. The Kier molecular flexibility index (Phi) is 6.65. The van der Waals surface area contributed by atoms with E-state index in [0.717, 1.165) is 16.4 Å². The third kappa shape index (κ3) is 4.79. The molecule has 0 fully saturated rings. The van der Waals surface area contributed by atoms with Crippen molar-refractivity contribution in [2.45, 2.75) is 50.8 Å². The van der Waals surface area contributed by atoms with E-state index in [4.69, 9.17) is 16.3 Å². The smallest absolute Gasteiger partial charge is 0.262 e. The number of nitrogens with zero attached hydrogens (tertiary/aromatic N) is 4. The van der Waals surface area contributed by atoms with Crippen molar-refractivity contribution in [2.75, 3.05) is 6.61 Å². The molecule has 0 bridgehead atoms. The molecule has 6 nitrogen and oxygen atoms in total. The zero-order valence-corrected chi connectivity index (χ0v) is 19.4. The topological polar surface area (TPSA) is 61.4 Å². The van der Waals surface area contributed by atoms with Gasteiger partial charge >= 0.3 is 0 Å². The minimum absolute atomic E-state index is 0.114. The van der Waals surface area contributed by atoms with Crippen molar-refractivity contribution in [2.24, 2.45) is 0 Å². The van der Waals surface area contributed by atoms with Crippen LogP contribution in [0.2, 0.25) is 5.02 Å². The number of rotatable bonds is 8. The summed E-state index contributed by atoms with van der Waals surface area (Å²) in [6.45, 7) is 7.15. The van der Waals surface area contributed by atoms with Gasteiger partial charge in [0.1, 0.15) is 0 Å². The maximum Gasteiger partial charge on any atom is 0.262 e. The molecule has 2 aromatic carbocycles. The molecule has 0 saturated carbocycles. The van der Waals surface area contributed by atoms with E-state index in [-0.39, 0.29) is 11.7 Å². The minimum Gasteiger partial charge on any atom is -0.379 e. The van der Waals surface area contributed by atoms with Crippen molar-refractivity contribution < 1.29 is 4.74 Å². The molecule has 4 aromatic rings. The van der Waals surface area contributed by atoms with E-state index in [1.54, 1.807) is 28.5 Å². The molecule has 4 rings (SSSR count). The summed E-state index contributed by atoms with van der Waals surface area (Å²) in [5.74, 6) is 1.30. The summed E-state index contributed by atoms with van der Waals surface area (Å²) in [5.41, 5.74) is 3.08. The number of hydrogen-bond donors (Lipinski definition) is 0. The van der Waals surface area contributed by atoms with Crippen molar-refractivity contribution in [1.29, 1.82) is 0 Å². The maximum atomic E-state index is 13.2. The number of aromatic nitrogens is 4. The first-order chi connectivity index (χ1) is 14.9. The van der Waals surface area contributed by atoms with Crippen LogP contribution in [0, 0.1) is 6.92 Å². The van der Waals surface area contributed by atoms with Crippen molar-refractivity contribution in [1.82, 2.24) is 19.2 Å². The van der Waals surface area contributed by atoms with Gasteiger partial charge in [0.15, 0.2) is 5.16 Å². The van der Waals surface area contributed by atoms with Gasteiger partial charge in [-0.1, -0.05) is 53.2 Å². The fourth-order valence-electron chi connectivity index (χ4n) is 3.43. The first-order valence-corrected chi connectivity index (χ1v) is 11.7. The zero-order chi connectivity index (χ0) is 22.0. The van der Waals surface area contributed by atoms with Crippen LogP contribution in [-0.4, -0.2) is 31.9 Å². The van der Waals surface area contributed by atoms with E-state index in [0.29, 0.717) is 35.8 Å². The van der Waals surface area contributed by atoms with Crippen LogP contribution >= 0.6 is 23.4 Å². The monoisotopic (exact) mass is 456 g/mol. The minimum atomic E-state index is -0.114. The van der Waals surface area contributed by atoms with E-state index in [1.807, 2.05) is 24.3 Å². The molecule has 0 saturated heterocycles. The van der Waals surface area contributed by atoms with Gasteiger partial charge in [-0.15, -0.1) is 10.2 Å². The molecule has 162 valence electrons. The van der Waals surface area contributed by atoms with Crippen LogP contribution in [0.1, 0.15) is 31.4 Å². The van der Waals surface area contributed by atoms with Crippen LogP contribution < -0.4 is 5.56 Å². The van der Waals surface area contributed by atoms with Crippen LogP contribution in [0.3, 0.4) is 0 Å². The molecule has 0 radical (unpaired) electrons. The van der Waals surface area contributed by atoms with E-state index >= 15 is 0 Å². The Morgan fingerprint density at radius 2 is 1.90 bits per heavy atom. The average molecular weight is 457 g/mol. The van der Waals surface area contributed by atoms with Gasteiger partial charge in [0.2, 0.25) is 5.78 Å². The second-order valence-electron chi connectivity index (χ2n) is 7.78. The predicted molar refractivity (Wildman–Crippen MR) is 126 cm³/mol. The standard InChI is InChI=1S/C23H25ClN4O2S/c1-15(2)30-12-4-11-27-21(29)19-13-18(24)9-10-20(19)28-22(27)25-26-23(28)31-14-17-7-5-16(3)6-8-17/h5-10,13,15H,4,11-12,14H2,1-3H3. The third-order valence-corrected chi connectivity index (χ3v) is 6.23. The van der Waals surface area contributed by atoms with Gasteiger partial charge in [0, 0.05) is 23.9 Å². The van der Waals surface area contributed by atoms with Crippen molar-refractivity contribution in [3.63, 3.8) is 0 Å². The molecule has 31 heavy (non-hydrogen) atoms. The number of aryl methyl sites for hydroxylation is 2. The van der Waals surface area contributed by atoms with Gasteiger partial charge in [-0.3, -0.25) is 13.8 Å². The van der Waals surface area contributed by atoms with Gasteiger partial charge in [-0.2, -0.15) is 0 Å². The molecule has 0 spiro atoms. The number of ether oxygens (including phenoxy) is 1. The molecule has 2 heterocycles. The summed E-state index contributed by atoms with van der Waals surface area (Å²) in [6, 6.07) is 13.8. The molecular weight excluding hydrogens is 432 g/mol. The summed E-state index contributed by atoms with van der Waals surface area (Å²) < 4.78 is 9.27. The van der Waals surface area contributed by atoms with E-state index < -0.39 is 0 Å². The number of fused-ring (bicyclic) bond motifs is 3. The Morgan fingerprint density at radius 1 is 1.13 bits per heavy atom. The fourth-order valence-corrected chi connectivity index (χ4v) is 4.50. The third-order valence-electron chi connectivity index (χ3n) is 5.00. The van der Waals surface area contributed by atoms with Gasteiger partial charge in [-0.25, -0.2) is 0 Å². The predicted octanol–water partition coefficient (Wildman–Crippen LogP) is 5.11. The quantitative estimate of drug-likeness (QED) is 0.272. The van der Waals surface area contributed by atoms with Gasteiger partial charge in [-0.05, 0) is 51.0 Å². The number of benzene rings is 2. The lowest BCUT2D eigenvalue weighted by atomic mass is 10.2. The van der Waals surface area contributed by atoms with Gasteiger partial charge in [0.25, 0.3) is 5.56 Å². The molecular formula is C23H25ClN4O2S. The second-order valence-corrected chi connectivity index (χ2v) is 9.16. The van der Waals surface area contributed by atoms with E-state index in [9.17, 15) is 4.79 Å². The number of thioether (sulfide) groups is 1. The highest BCUT2D eigenvalue weighted by atomic mass is 35.5. The Hall–Kier alpha value is -2.35. The lowest BCUT2D eigenvalue weighted by Crippen LogP contribution is -2.24. The van der Waals surface area contributed by atoms with Crippen molar-refractivity contribution in [3.8, 4) is 0 Å². The zero-order valence-electron chi connectivity index (χ0n) is 17.8. The van der Waals surface area contributed by atoms with E-state index in [2.05, 4.69) is 41.4 Å². The molecule has 8 heteroatoms. The lowest BCUT2D eigenvalue weighted by molar-refractivity contribution is 0.0748. The van der Waals surface area contributed by atoms with Crippen LogP contribution in [0.15, 0.2) is 52.4 Å². The van der Waals surface area contributed by atoms with E-state index in [1.165, 1.54) is 11.1 Å². The van der Waals surface area contributed by atoms with Gasteiger partial charge < -0.3 is 4.74 Å². The largest absolute Gasteiger partial charge is 0.379 e. The van der Waals surface area contributed by atoms with Gasteiger partial charge in [0.05, 0.1) is 17.0 Å². The average Bonchev–Trinajstić information content (AvgIpc) is 3.16. The summed E-state index contributed by atoms with van der Waals surface area (Å²) in [7, 11) is 0. The van der Waals surface area contributed by atoms with Crippen LogP contribution in [0.25, 0.3) is 16.7 Å². The molecule has 0 N–H and O–H groups in total. The molecule has 0 amide bonds. The van der Waals surface area contributed by atoms with Crippen molar-refractivity contribution >= 4 is 40.0 Å². The van der Waals surface area contributed by atoms with Crippen LogP contribution in [0.4, 0.5) is 0 Å². The molecule has 0 aliphatic rings. The first-order valence-electron chi connectivity index (χ1n) is 10.3. The van der Waals surface area contributed by atoms with Crippen LogP contribution in [0.5, 0.6) is 0 Å². The van der Waals surface area contributed by atoms with Crippen molar-refractivity contribution in [3.05, 3.63) is 69.0 Å². The Morgan fingerprint density at radius 3 is 2.65 bits per heavy atom. The summed E-state index contributed by atoms with van der Waals surface area (Å²) in [5, 5.41) is 10.6. The highest BCUT2D eigenvalue weighted by Crippen LogP contribution is 2.26. The Bertz CT molecular complexity index is 1260. The molecule has 0 aliphatic heterocycles. The second kappa shape index (κ2) is 9.42. The Labute approximate surface area is 190 Å². The Balaban J connectivity index is 1.73. The molecule has 0 unspecified atom stereocenters. The number of hydrogen-bond acceptors (Lipinski definition) is 5. The summed E-state index contributed by atoms with van der Waals surface area (Å²) in [4.78, 5) is 13.2. The molecule has 0 atom stereocenters. The maximum absolute atomic E-state index is 13.2. The first kappa shape index (κ1) is 21.9. The summed E-state index contributed by atoms with van der Waals surface area (Å²) >= 11 is 7.81. The fraction of sp³-hybridized carbons (Fsp3) is 0.348. The summed E-state index contributed by atoms with van der Waals surface area (Å²) in [6.07, 6.45) is 0.864.